The lowest BCUT2D eigenvalue weighted by molar-refractivity contribution is -0.383. The van der Waals surface area contributed by atoms with Crippen LogP contribution in [-0.4, -0.2) is 4.92 Å². The van der Waals surface area contributed by atoms with Crippen molar-refractivity contribution in [2.24, 2.45) is 0 Å². The van der Waals surface area contributed by atoms with Gasteiger partial charge in [0.1, 0.15) is 10.7 Å². The van der Waals surface area contributed by atoms with Gasteiger partial charge in [0.2, 0.25) is 0 Å². The zero-order valence-electron chi connectivity index (χ0n) is 10.9. The summed E-state index contributed by atoms with van der Waals surface area (Å²) in [6.07, 6.45) is 0. The van der Waals surface area contributed by atoms with Crippen molar-refractivity contribution in [1.82, 2.24) is 0 Å². The van der Waals surface area contributed by atoms with E-state index < -0.39 is 4.92 Å². The second-order valence-corrected chi connectivity index (χ2v) is 4.95. The van der Waals surface area contributed by atoms with Crippen LogP contribution >= 0.6 is 11.6 Å². The van der Waals surface area contributed by atoms with E-state index >= 15 is 0 Å². The number of anilines is 2. The fourth-order valence-corrected chi connectivity index (χ4v) is 2.52. The van der Waals surface area contributed by atoms with E-state index in [9.17, 15) is 10.1 Å². The highest BCUT2D eigenvalue weighted by Gasteiger charge is 2.18. The van der Waals surface area contributed by atoms with Crippen LogP contribution in [0, 0.1) is 10.1 Å². The lowest BCUT2D eigenvalue weighted by atomic mass is 10.1. The molecule has 1 N–H and O–H groups in total. The molecule has 0 aromatic heterocycles. The number of benzene rings is 3. The average Bonchev–Trinajstić information content (AvgIpc) is 2.47. The van der Waals surface area contributed by atoms with Crippen LogP contribution in [0.1, 0.15) is 0 Å². The number of nitro groups is 1. The molecule has 104 valence electrons. The number of para-hydroxylation sites is 1. The number of nitrogens with one attached hydrogen (secondary N) is 1. The Bertz CT molecular complexity index is 828. The molecule has 3 rings (SSSR count). The zero-order valence-corrected chi connectivity index (χ0v) is 11.7. The Hall–Kier alpha value is -2.59. The molecular weight excluding hydrogens is 288 g/mol. The van der Waals surface area contributed by atoms with E-state index in [1.807, 2.05) is 42.5 Å². The smallest absolute Gasteiger partial charge is 0.311 e. The molecule has 0 spiro atoms. The van der Waals surface area contributed by atoms with Crippen LogP contribution in [0.15, 0.2) is 60.7 Å². The third-order valence-electron chi connectivity index (χ3n) is 3.23. The summed E-state index contributed by atoms with van der Waals surface area (Å²) in [4.78, 5) is 10.7. The predicted molar refractivity (Wildman–Crippen MR) is 85.3 cm³/mol. The maximum Gasteiger partial charge on any atom is 0.311 e. The number of fused-ring (bicyclic) bond motifs is 1. The highest BCUT2D eigenvalue weighted by molar-refractivity contribution is 6.33. The molecule has 0 aliphatic rings. The zero-order chi connectivity index (χ0) is 14.8. The number of rotatable bonds is 3. The van der Waals surface area contributed by atoms with Crippen molar-refractivity contribution >= 4 is 39.4 Å². The fraction of sp³-hybridized carbons (Fsp3) is 0. The molecule has 0 fully saturated rings. The lowest BCUT2D eigenvalue weighted by Crippen LogP contribution is -1.98. The van der Waals surface area contributed by atoms with Crippen molar-refractivity contribution in [3.8, 4) is 0 Å². The highest BCUT2D eigenvalue weighted by atomic mass is 35.5. The Balaban J connectivity index is 2.12. The van der Waals surface area contributed by atoms with Crippen molar-refractivity contribution in [3.05, 3.63) is 75.8 Å². The van der Waals surface area contributed by atoms with Gasteiger partial charge in [-0.2, -0.15) is 0 Å². The topological polar surface area (TPSA) is 55.2 Å². The summed E-state index contributed by atoms with van der Waals surface area (Å²) in [6, 6.07) is 18.5. The normalized spacial score (nSPS) is 10.5. The molecule has 3 aromatic rings. The Kier molecular flexibility index (Phi) is 3.46. The van der Waals surface area contributed by atoms with Gasteiger partial charge in [0, 0.05) is 11.1 Å². The average molecular weight is 299 g/mol. The summed E-state index contributed by atoms with van der Waals surface area (Å²) in [5.41, 5.74) is 1.06. The van der Waals surface area contributed by atoms with Gasteiger partial charge in [-0.3, -0.25) is 10.1 Å². The van der Waals surface area contributed by atoms with E-state index in [2.05, 4.69) is 5.32 Å². The third kappa shape index (κ3) is 2.53. The minimum atomic E-state index is -0.476. The van der Waals surface area contributed by atoms with E-state index in [0.29, 0.717) is 5.69 Å². The number of nitro benzene ring substituents is 1. The monoisotopic (exact) mass is 298 g/mol. The molecule has 5 heteroatoms. The first-order valence-electron chi connectivity index (χ1n) is 6.34. The van der Waals surface area contributed by atoms with Gasteiger partial charge in [-0.15, -0.1) is 0 Å². The van der Waals surface area contributed by atoms with E-state index in [-0.39, 0.29) is 10.7 Å². The largest absolute Gasteiger partial charge is 0.349 e. The molecule has 0 heterocycles. The Labute approximate surface area is 126 Å². The van der Waals surface area contributed by atoms with Gasteiger partial charge in [-0.25, -0.2) is 0 Å². The molecule has 3 aromatic carbocycles. The minimum absolute atomic E-state index is 0.116. The summed E-state index contributed by atoms with van der Waals surface area (Å²) in [5.74, 6) is 0. The molecule has 0 amide bonds. The maximum absolute atomic E-state index is 11.2. The minimum Gasteiger partial charge on any atom is -0.349 e. The van der Waals surface area contributed by atoms with E-state index in [1.165, 1.54) is 6.07 Å². The van der Waals surface area contributed by atoms with Crippen molar-refractivity contribution < 1.29 is 4.92 Å². The number of hydrogen-bond acceptors (Lipinski definition) is 3. The molecule has 0 radical (unpaired) electrons. The summed E-state index contributed by atoms with van der Waals surface area (Å²) in [6.45, 7) is 0. The van der Waals surface area contributed by atoms with E-state index in [4.69, 9.17) is 11.6 Å². The predicted octanol–water partition coefficient (Wildman–Crippen LogP) is 5.15. The summed E-state index contributed by atoms with van der Waals surface area (Å²) in [7, 11) is 0. The van der Waals surface area contributed by atoms with Gasteiger partial charge in [0.15, 0.2) is 0 Å². The summed E-state index contributed by atoms with van der Waals surface area (Å²) in [5, 5.41) is 16.5. The van der Waals surface area contributed by atoms with Gasteiger partial charge < -0.3 is 5.32 Å². The van der Waals surface area contributed by atoms with Gasteiger partial charge >= 0.3 is 5.69 Å². The van der Waals surface area contributed by atoms with E-state index in [1.54, 1.807) is 12.1 Å². The molecule has 0 aliphatic carbocycles. The Morgan fingerprint density at radius 1 is 0.905 bits per heavy atom. The van der Waals surface area contributed by atoms with Crippen LogP contribution < -0.4 is 5.32 Å². The quantitative estimate of drug-likeness (QED) is 0.537. The SMILES string of the molecule is O=[N+]([O-])c1c(Cl)cccc1Nc1cccc2ccccc12. The van der Waals surface area contributed by atoms with Crippen molar-refractivity contribution in [1.29, 1.82) is 0 Å². The number of nitrogens with zero attached hydrogens (tertiary/aromatic N) is 1. The van der Waals surface area contributed by atoms with Gasteiger partial charge in [0.25, 0.3) is 0 Å². The fourth-order valence-electron chi connectivity index (χ4n) is 2.28. The third-order valence-corrected chi connectivity index (χ3v) is 3.53. The second-order valence-electron chi connectivity index (χ2n) is 4.54. The Morgan fingerprint density at radius 2 is 1.57 bits per heavy atom. The molecule has 0 saturated carbocycles. The molecule has 0 unspecified atom stereocenters. The number of hydrogen-bond donors (Lipinski definition) is 1. The highest BCUT2D eigenvalue weighted by Crippen LogP contribution is 2.35. The molecule has 21 heavy (non-hydrogen) atoms. The molecular formula is C16H11ClN2O2. The number of halogens is 1. The second kappa shape index (κ2) is 5.42. The first-order valence-corrected chi connectivity index (χ1v) is 6.72. The van der Waals surface area contributed by atoms with Crippen molar-refractivity contribution in [2.75, 3.05) is 5.32 Å². The lowest BCUT2D eigenvalue weighted by Gasteiger charge is -2.10. The van der Waals surface area contributed by atoms with Crippen LogP contribution in [0.3, 0.4) is 0 Å². The Morgan fingerprint density at radius 3 is 2.38 bits per heavy atom. The van der Waals surface area contributed by atoms with Gasteiger partial charge in [-0.1, -0.05) is 54.1 Å². The van der Waals surface area contributed by atoms with Gasteiger partial charge in [-0.05, 0) is 23.6 Å². The van der Waals surface area contributed by atoms with Crippen molar-refractivity contribution in [3.63, 3.8) is 0 Å². The van der Waals surface area contributed by atoms with Crippen LogP contribution in [0.25, 0.3) is 10.8 Å². The van der Waals surface area contributed by atoms with Crippen LogP contribution in [0.2, 0.25) is 5.02 Å². The van der Waals surface area contributed by atoms with Crippen molar-refractivity contribution in [2.45, 2.75) is 0 Å². The van der Waals surface area contributed by atoms with Crippen LogP contribution in [0.4, 0.5) is 17.1 Å². The molecule has 0 atom stereocenters. The summed E-state index contributed by atoms with van der Waals surface area (Å²) < 4.78 is 0. The standard InChI is InChI=1S/C16H11ClN2O2/c17-13-8-4-10-15(16(13)19(20)21)18-14-9-3-6-11-5-1-2-7-12(11)14/h1-10,18H. The first-order chi connectivity index (χ1) is 10.2. The molecule has 4 nitrogen and oxygen atoms in total. The first kappa shape index (κ1) is 13.4. The molecule has 0 saturated heterocycles. The summed E-state index contributed by atoms with van der Waals surface area (Å²) >= 11 is 5.93. The van der Waals surface area contributed by atoms with Crippen LogP contribution in [-0.2, 0) is 0 Å². The maximum atomic E-state index is 11.2. The van der Waals surface area contributed by atoms with E-state index in [0.717, 1.165) is 16.5 Å². The molecule has 0 aliphatic heterocycles. The van der Waals surface area contributed by atoms with Gasteiger partial charge in [0.05, 0.1) is 4.92 Å². The molecule has 0 bridgehead atoms. The van der Waals surface area contributed by atoms with Crippen LogP contribution in [0.5, 0.6) is 0 Å².